The maximum atomic E-state index is 10.8. The van der Waals surface area contributed by atoms with E-state index in [1.165, 1.54) is 6.07 Å². The van der Waals surface area contributed by atoms with Gasteiger partial charge in [-0.05, 0) is 76.7 Å². The van der Waals surface area contributed by atoms with Gasteiger partial charge in [0, 0.05) is 9.78 Å². The monoisotopic (exact) mass is 477 g/mol. The lowest BCUT2D eigenvalue weighted by atomic mass is 10.2. The third-order valence-electron chi connectivity index (χ3n) is 3.60. The van der Waals surface area contributed by atoms with E-state index in [-0.39, 0.29) is 12.4 Å². The largest absolute Gasteiger partial charge is 0.493 e. The van der Waals surface area contributed by atoms with Crippen molar-refractivity contribution in [3.05, 3.63) is 75.3 Å². The van der Waals surface area contributed by atoms with Crippen molar-refractivity contribution in [1.29, 1.82) is 0 Å². The van der Waals surface area contributed by atoms with E-state index in [0.717, 1.165) is 14.8 Å². The van der Waals surface area contributed by atoms with Crippen molar-refractivity contribution >= 4 is 40.5 Å². The molecule has 27 heavy (non-hydrogen) atoms. The lowest BCUT2D eigenvalue weighted by molar-refractivity contribution is 0.0658. The van der Waals surface area contributed by atoms with Crippen molar-refractivity contribution in [3.8, 4) is 11.5 Å². The van der Waals surface area contributed by atoms with Gasteiger partial charge in [0.2, 0.25) is 5.76 Å². The van der Waals surface area contributed by atoms with Crippen LogP contribution >= 0.6 is 22.6 Å². The average molecular weight is 477 g/mol. The van der Waals surface area contributed by atoms with Crippen LogP contribution in [0.5, 0.6) is 11.5 Å². The van der Waals surface area contributed by atoms with Gasteiger partial charge in [-0.3, -0.25) is 4.99 Å². The zero-order chi connectivity index (χ0) is 19.2. The molecule has 138 valence electrons. The lowest BCUT2D eigenvalue weighted by Crippen LogP contribution is -1.98. The zero-order valence-corrected chi connectivity index (χ0v) is 16.5. The minimum Gasteiger partial charge on any atom is -0.493 e. The van der Waals surface area contributed by atoms with E-state index in [4.69, 9.17) is 19.0 Å². The molecule has 6 nitrogen and oxygen atoms in total. The number of methoxy groups -OCH3 is 1. The highest BCUT2D eigenvalue weighted by atomic mass is 127. The van der Waals surface area contributed by atoms with E-state index in [2.05, 4.69) is 27.6 Å². The van der Waals surface area contributed by atoms with Gasteiger partial charge in [-0.1, -0.05) is 6.07 Å². The molecule has 3 rings (SSSR count). The van der Waals surface area contributed by atoms with Gasteiger partial charge in [0.1, 0.15) is 12.4 Å². The molecular weight excluding hydrogens is 461 g/mol. The Morgan fingerprint density at radius 3 is 2.74 bits per heavy atom. The summed E-state index contributed by atoms with van der Waals surface area (Å²) < 4.78 is 17.4. The Bertz CT molecular complexity index is 980. The predicted octanol–water partition coefficient (Wildman–Crippen LogP) is 4.92. The van der Waals surface area contributed by atoms with Gasteiger partial charge in [0.25, 0.3) is 0 Å². The molecule has 0 fully saturated rings. The van der Waals surface area contributed by atoms with Crippen molar-refractivity contribution < 1.29 is 23.8 Å². The summed E-state index contributed by atoms with van der Waals surface area (Å²) in [6.45, 7) is 0.0968. The predicted molar refractivity (Wildman–Crippen MR) is 109 cm³/mol. The van der Waals surface area contributed by atoms with Gasteiger partial charge in [-0.25, -0.2) is 4.79 Å². The summed E-state index contributed by atoms with van der Waals surface area (Å²) in [4.78, 5) is 15.3. The Balaban J connectivity index is 1.70. The highest BCUT2D eigenvalue weighted by Crippen LogP contribution is 2.29. The number of rotatable bonds is 7. The molecule has 1 heterocycles. The molecule has 0 aliphatic heterocycles. The van der Waals surface area contributed by atoms with Crippen LogP contribution in [-0.4, -0.2) is 24.4 Å². The van der Waals surface area contributed by atoms with E-state index in [9.17, 15) is 4.79 Å². The first kappa shape index (κ1) is 19.0. The van der Waals surface area contributed by atoms with Crippen LogP contribution in [0.15, 0.2) is 64.0 Å². The molecule has 0 radical (unpaired) electrons. The minimum atomic E-state index is -1.12. The molecule has 0 amide bonds. The van der Waals surface area contributed by atoms with Gasteiger partial charge in [0.05, 0.1) is 12.8 Å². The van der Waals surface area contributed by atoms with Crippen LogP contribution < -0.4 is 9.47 Å². The quantitative estimate of drug-likeness (QED) is 0.386. The number of carboxylic acid groups (broad SMARTS) is 1. The van der Waals surface area contributed by atoms with Gasteiger partial charge >= 0.3 is 5.97 Å². The van der Waals surface area contributed by atoms with E-state index in [1.54, 1.807) is 25.5 Å². The maximum absolute atomic E-state index is 10.8. The Labute approximate surface area is 169 Å². The molecule has 1 aromatic heterocycles. The Hall–Kier alpha value is -2.81. The molecule has 7 heteroatoms. The number of benzene rings is 2. The second kappa shape index (κ2) is 8.72. The molecule has 0 aliphatic rings. The van der Waals surface area contributed by atoms with Crippen LogP contribution in [0.1, 0.15) is 21.9 Å². The smallest absolute Gasteiger partial charge is 0.371 e. The molecule has 0 unspecified atom stereocenters. The number of furan rings is 1. The molecule has 2 aromatic carbocycles. The molecule has 0 saturated heterocycles. The number of hydrogen-bond donors (Lipinski definition) is 1. The third kappa shape index (κ3) is 5.10. The fourth-order valence-corrected chi connectivity index (χ4v) is 2.84. The summed E-state index contributed by atoms with van der Waals surface area (Å²) in [6.07, 6.45) is 1.75. The standard InChI is InChI=1S/C20H16INO5/c1-25-19-9-13(11-22-15-4-2-3-14(21)10-15)5-7-17(19)26-12-16-6-8-18(27-16)20(23)24/h2-11H,12H2,1H3,(H,23,24). The Kier molecular flexibility index (Phi) is 6.12. The summed E-state index contributed by atoms with van der Waals surface area (Å²) in [6, 6.07) is 16.3. The first-order chi connectivity index (χ1) is 13.0. The van der Waals surface area contributed by atoms with Crippen molar-refractivity contribution in [2.75, 3.05) is 7.11 Å². The fraction of sp³-hybridized carbons (Fsp3) is 0.100. The summed E-state index contributed by atoms with van der Waals surface area (Å²) in [5.74, 6) is 0.251. The molecule has 0 spiro atoms. The highest BCUT2D eigenvalue weighted by Gasteiger charge is 2.11. The van der Waals surface area contributed by atoms with E-state index in [1.807, 2.05) is 36.4 Å². The van der Waals surface area contributed by atoms with E-state index in [0.29, 0.717) is 17.3 Å². The summed E-state index contributed by atoms with van der Waals surface area (Å²) in [7, 11) is 1.55. The third-order valence-corrected chi connectivity index (χ3v) is 4.27. The van der Waals surface area contributed by atoms with Crippen molar-refractivity contribution in [2.24, 2.45) is 4.99 Å². The second-order valence-corrected chi connectivity index (χ2v) is 6.75. The van der Waals surface area contributed by atoms with Gasteiger partial charge in [-0.15, -0.1) is 0 Å². The van der Waals surface area contributed by atoms with Crippen LogP contribution in [0.4, 0.5) is 5.69 Å². The first-order valence-electron chi connectivity index (χ1n) is 7.97. The molecular formula is C20H16INO5. The summed E-state index contributed by atoms with van der Waals surface area (Å²) >= 11 is 2.24. The topological polar surface area (TPSA) is 81.3 Å². The molecule has 3 aromatic rings. The molecule has 0 aliphatic carbocycles. The summed E-state index contributed by atoms with van der Waals surface area (Å²) in [5.41, 5.74) is 1.73. The average Bonchev–Trinajstić information content (AvgIpc) is 3.14. The number of carboxylic acids is 1. The number of ether oxygens (including phenoxy) is 2. The Morgan fingerprint density at radius 2 is 2.04 bits per heavy atom. The fourth-order valence-electron chi connectivity index (χ4n) is 2.31. The number of hydrogen-bond acceptors (Lipinski definition) is 5. The van der Waals surface area contributed by atoms with E-state index >= 15 is 0 Å². The number of nitrogens with zero attached hydrogens (tertiary/aromatic N) is 1. The van der Waals surface area contributed by atoms with Crippen LogP contribution in [0.25, 0.3) is 0 Å². The van der Waals surface area contributed by atoms with Crippen LogP contribution in [0.2, 0.25) is 0 Å². The first-order valence-corrected chi connectivity index (χ1v) is 9.05. The molecule has 1 N–H and O–H groups in total. The number of aliphatic imine (C=N–C) groups is 1. The second-order valence-electron chi connectivity index (χ2n) is 5.51. The van der Waals surface area contributed by atoms with Crippen molar-refractivity contribution in [2.45, 2.75) is 6.61 Å². The molecule has 0 bridgehead atoms. The van der Waals surface area contributed by atoms with Crippen molar-refractivity contribution in [3.63, 3.8) is 0 Å². The van der Waals surface area contributed by atoms with Crippen LogP contribution in [0.3, 0.4) is 0 Å². The number of halogens is 1. The molecule has 0 atom stereocenters. The maximum Gasteiger partial charge on any atom is 0.371 e. The van der Waals surface area contributed by atoms with Crippen molar-refractivity contribution in [1.82, 2.24) is 0 Å². The van der Waals surface area contributed by atoms with Crippen LogP contribution in [0, 0.1) is 3.57 Å². The zero-order valence-electron chi connectivity index (χ0n) is 14.4. The SMILES string of the molecule is COc1cc(C=Nc2cccc(I)c2)ccc1OCc1ccc(C(=O)O)o1. The van der Waals surface area contributed by atoms with Gasteiger partial charge < -0.3 is 19.0 Å². The summed E-state index contributed by atoms with van der Waals surface area (Å²) in [5, 5.41) is 8.88. The lowest BCUT2D eigenvalue weighted by Gasteiger charge is -2.10. The number of aromatic carboxylic acids is 1. The van der Waals surface area contributed by atoms with E-state index < -0.39 is 5.97 Å². The molecule has 0 saturated carbocycles. The normalized spacial score (nSPS) is 10.9. The van der Waals surface area contributed by atoms with Gasteiger partial charge in [0.15, 0.2) is 11.5 Å². The highest BCUT2D eigenvalue weighted by molar-refractivity contribution is 14.1. The van der Waals surface area contributed by atoms with Gasteiger partial charge in [-0.2, -0.15) is 0 Å². The minimum absolute atomic E-state index is 0.0968. The van der Waals surface area contributed by atoms with Crippen LogP contribution in [-0.2, 0) is 6.61 Å². The Morgan fingerprint density at radius 1 is 1.19 bits per heavy atom. The number of carbonyl (C=O) groups is 1.